The molecule has 0 radical (unpaired) electrons. The Morgan fingerprint density at radius 3 is 2.69 bits per heavy atom. The second-order valence-corrected chi connectivity index (χ2v) is 7.58. The summed E-state index contributed by atoms with van der Waals surface area (Å²) in [6.07, 6.45) is 0.784. The topological polar surface area (TPSA) is 133 Å². The first kappa shape index (κ1) is 18.9. The van der Waals surface area contributed by atoms with Crippen LogP contribution in [0.4, 0.5) is 11.9 Å². The Kier molecular flexibility index (Phi) is 5.13. The van der Waals surface area contributed by atoms with Crippen LogP contribution >= 0.6 is 11.3 Å². The zero-order valence-electron chi connectivity index (χ0n) is 15.8. The van der Waals surface area contributed by atoms with Crippen molar-refractivity contribution in [2.24, 2.45) is 0 Å². The number of carbonyl (C=O) groups excluding carboxylic acids is 1. The van der Waals surface area contributed by atoms with Crippen LogP contribution in [-0.2, 0) is 22.6 Å². The number of ether oxygens (including phenoxy) is 1. The number of nitrogens with zero attached hydrogens (tertiary/aromatic N) is 3. The van der Waals surface area contributed by atoms with Gasteiger partial charge in [-0.3, -0.25) is 4.79 Å². The van der Waals surface area contributed by atoms with Crippen LogP contribution in [0.25, 0.3) is 21.5 Å². The molecule has 148 valence electrons. The van der Waals surface area contributed by atoms with Crippen molar-refractivity contribution in [2.45, 2.75) is 26.4 Å². The van der Waals surface area contributed by atoms with E-state index in [1.54, 1.807) is 11.3 Å². The molecule has 4 aromatic rings. The van der Waals surface area contributed by atoms with Crippen molar-refractivity contribution < 1.29 is 9.53 Å². The van der Waals surface area contributed by atoms with E-state index in [9.17, 15) is 4.79 Å². The minimum Gasteiger partial charge on any atom is -0.457 e. The second kappa shape index (κ2) is 7.88. The molecule has 5 N–H and O–H groups in total. The van der Waals surface area contributed by atoms with Crippen LogP contribution in [0, 0.1) is 6.92 Å². The summed E-state index contributed by atoms with van der Waals surface area (Å²) in [7, 11) is 0. The minimum atomic E-state index is -0.346. The molecule has 8 nitrogen and oxygen atoms in total. The highest BCUT2D eigenvalue weighted by molar-refractivity contribution is 7.13. The summed E-state index contributed by atoms with van der Waals surface area (Å²) in [5.74, 6) is -0.122. The molecule has 29 heavy (non-hydrogen) atoms. The van der Waals surface area contributed by atoms with Crippen molar-refractivity contribution in [2.75, 3.05) is 11.5 Å². The van der Waals surface area contributed by atoms with E-state index in [0.717, 1.165) is 27.0 Å². The van der Waals surface area contributed by atoms with Gasteiger partial charge in [0.25, 0.3) is 0 Å². The molecule has 3 aromatic heterocycles. The molecular formula is C20H20N6O2S. The fourth-order valence-electron chi connectivity index (χ4n) is 3.22. The van der Waals surface area contributed by atoms with E-state index in [4.69, 9.17) is 16.2 Å². The molecule has 0 saturated carbocycles. The standard InChI is InChI=1S/C20H20N6O2S/c1-11-4-6-14-13(9-11)12(18(23-14)15-3-2-8-29-15)5-7-17(27)28-10-16-24-19(21)26-20(22)25-16/h2-4,6,8-9,23H,5,7,10H2,1H3,(H4,21,22,24,25,26). The number of hydrogen-bond donors (Lipinski definition) is 3. The lowest BCUT2D eigenvalue weighted by atomic mass is 10.0. The van der Waals surface area contributed by atoms with Crippen LogP contribution in [0.3, 0.4) is 0 Å². The molecule has 0 saturated heterocycles. The van der Waals surface area contributed by atoms with Crippen LogP contribution in [0.15, 0.2) is 35.7 Å². The third kappa shape index (κ3) is 4.19. The lowest BCUT2D eigenvalue weighted by molar-refractivity contribution is -0.145. The van der Waals surface area contributed by atoms with E-state index in [-0.39, 0.29) is 36.7 Å². The van der Waals surface area contributed by atoms with Crippen molar-refractivity contribution in [1.82, 2.24) is 19.9 Å². The number of benzene rings is 1. The van der Waals surface area contributed by atoms with E-state index >= 15 is 0 Å². The summed E-state index contributed by atoms with van der Waals surface area (Å²) in [5, 5.41) is 3.16. The van der Waals surface area contributed by atoms with Crippen LogP contribution in [0.5, 0.6) is 0 Å². The van der Waals surface area contributed by atoms with Gasteiger partial charge in [-0.25, -0.2) is 0 Å². The Bertz CT molecular complexity index is 1150. The fourth-order valence-corrected chi connectivity index (χ4v) is 3.97. The lowest BCUT2D eigenvalue weighted by Gasteiger charge is -2.06. The Morgan fingerprint density at radius 2 is 1.97 bits per heavy atom. The Hall–Kier alpha value is -3.46. The maximum atomic E-state index is 12.3. The number of fused-ring (bicyclic) bond motifs is 1. The third-order valence-corrected chi connectivity index (χ3v) is 5.37. The van der Waals surface area contributed by atoms with Gasteiger partial charge >= 0.3 is 5.97 Å². The quantitative estimate of drug-likeness (QED) is 0.417. The number of H-pyrrole nitrogens is 1. The molecule has 9 heteroatoms. The molecule has 1 aromatic carbocycles. The molecule has 0 aliphatic heterocycles. The largest absolute Gasteiger partial charge is 0.457 e. The molecular weight excluding hydrogens is 388 g/mol. The Labute approximate surface area is 171 Å². The maximum Gasteiger partial charge on any atom is 0.306 e. The van der Waals surface area contributed by atoms with Gasteiger partial charge in [-0.15, -0.1) is 11.3 Å². The van der Waals surface area contributed by atoms with Gasteiger partial charge in [-0.1, -0.05) is 17.7 Å². The molecule has 4 rings (SSSR count). The molecule has 3 heterocycles. The van der Waals surface area contributed by atoms with Crippen molar-refractivity contribution in [3.05, 3.63) is 52.7 Å². The molecule has 0 atom stereocenters. The van der Waals surface area contributed by atoms with Gasteiger partial charge in [0.05, 0.1) is 10.6 Å². The van der Waals surface area contributed by atoms with Gasteiger partial charge in [-0.2, -0.15) is 15.0 Å². The number of hydrogen-bond acceptors (Lipinski definition) is 8. The van der Waals surface area contributed by atoms with E-state index in [0.29, 0.717) is 6.42 Å². The highest BCUT2D eigenvalue weighted by Crippen LogP contribution is 2.34. The third-order valence-electron chi connectivity index (χ3n) is 4.49. The van der Waals surface area contributed by atoms with E-state index in [1.807, 2.05) is 11.4 Å². The Balaban J connectivity index is 1.50. The van der Waals surface area contributed by atoms with Crippen LogP contribution in [0.2, 0.25) is 0 Å². The van der Waals surface area contributed by atoms with Crippen LogP contribution in [-0.4, -0.2) is 25.9 Å². The highest BCUT2D eigenvalue weighted by atomic mass is 32.1. The van der Waals surface area contributed by atoms with Gasteiger partial charge in [0.1, 0.15) is 0 Å². The second-order valence-electron chi connectivity index (χ2n) is 6.63. The monoisotopic (exact) mass is 408 g/mol. The van der Waals surface area contributed by atoms with Crippen molar-refractivity contribution in [3.8, 4) is 10.6 Å². The number of carbonyl (C=O) groups is 1. The van der Waals surface area contributed by atoms with Gasteiger partial charge < -0.3 is 21.2 Å². The van der Waals surface area contributed by atoms with Crippen molar-refractivity contribution in [1.29, 1.82) is 0 Å². The van der Waals surface area contributed by atoms with Gasteiger partial charge in [0, 0.05) is 17.3 Å². The molecule has 0 fully saturated rings. The number of rotatable bonds is 6. The smallest absolute Gasteiger partial charge is 0.306 e. The van der Waals surface area contributed by atoms with E-state index in [2.05, 4.69) is 51.1 Å². The average molecular weight is 408 g/mol. The number of nitrogens with two attached hydrogens (primary N) is 2. The summed E-state index contributed by atoms with van der Waals surface area (Å²) in [6.45, 7) is 1.96. The summed E-state index contributed by atoms with van der Waals surface area (Å²) >= 11 is 1.66. The number of aryl methyl sites for hydroxylation is 2. The summed E-state index contributed by atoms with van der Waals surface area (Å²) in [4.78, 5) is 28.5. The number of nitrogens with one attached hydrogen (secondary N) is 1. The summed E-state index contributed by atoms with van der Waals surface area (Å²) < 4.78 is 5.29. The van der Waals surface area contributed by atoms with Gasteiger partial charge in [-0.05, 0) is 42.5 Å². The highest BCUT2D eigenvalue weighted by Gasteiger charge is 2.16. The number of esters is 1. The predicted molar refractivity (Wildman–Crippen MR) is 113 cm³/mol. The summed E-state index contributed by atoms with van der Waals surface area (Å²) in [6, 6.07) is 10.4. The predicted octanol–water partition coefficient (Wildman–Crippen LogP) is 3.23. The molecule has 0 unspecified atom stereocenters. The van der Waals surface area contributed by atoms with Crippen molar-refractivity contribution >= 4 is 40.1 Å². The summed E-state index contributed by atoms with van der Waals surface area (Å²) in [5.41, 5.74) is 15.4. The molecule has 0 aliphatic carbocycles. The van der Waals surface area contributed by atoms with E-state index < -0.39 is 0 Å². The van der Waals surface area contributed by atoms with Crippen LogP contribution < -0.4 is 11.5 Å². The van der Waals surface area contributed by atoms with E-state index in [1.165, 1.54) is 5.56 Å². The fraction of sp³-hybridized carbons (Fsp3) is 0.200. The molecule has 0 aliphatic rings. The van der Waals surface area contributed by atoms with Crippen molar-refractivity contribution in [3.63, 3.8) is 0 Å². The first-order chi connectivity index (χ1) is 14.0. The van der Waals surface area contributed by atoms with Gasteiger partial charge in [0.2, 0.25) is 11.9 Å². The number of anilines is 2. The van der Waals surface area contributed by atoms with Gasteiger partial charge in [0.15, 0.2) is 12.4 Å². The molecule has 0 amide bonds. The first-order valence-corrected chi connectivity index (χ1v) is 9.94. The normalized spacial score (nSPS) is 11.1. The minimum absolute atomic E-state index is 0.00157. The maximum absolute atomic E-state index is 12.3. The average Bonchev–Trinajstić information content (AvgIpc) is 3.31. The number of thiophene rings is 1. The lowest BCUT2D eigenvalue weighted by Crippen LogP contribution is -2.11. The van der Waals surface area contributed by atoms with Crippen LogP contribution in [0.1, 0.15) is 23.4 Å². The number of nitrogen functional groups attached to an aromatic ring is 2. The Morgan fingerprint density at radius 1 is 1.17 bits per heavy atom. The number of aromatic amines is 1. The molecule has 0 bridgehead atoms. The zero-order chi connectivity index (χ0) is 20.4. The molecule has 0 spiro atoms. The SMILES string of the molecule is Cc1ccc2[nH]c(-c3cccs3)c(CCC(=O)OCc3nc(N)nc(N)n3)c2c1. The zero-order valence-corrected chi connectivity index (χ0v) is 16.6. The number of aromatic nitrogens is 4. The first-order valence-electron chi connectivity index (χ1n) is 9.06.